The number of carbonyl (C=O) groups excluding carboxylic acids is 1. The van der Waals surface area contributed by atoms with E-state index in [1.54, 1.807) is 0 Å². The minimum Gasteiger partial charge on any atom is -0.324 e. The van der Waals surface area contributed by atoms with Crippen LogP contribution in [0, 0.1) is 0 Å². The molecular weight excluding hydrogens is 188 g/mol. The molecule has 1 aliphatic carbocycles. The van der Waals surface area contributed by atoms with Crippen LogP contribution in [0.25, 0.3) is 0 Å². The maximum absolute atomic E-state index is 12.3. The molecular formula is C10H9F2NO. The summed E-state index contributed by atoms with van der Waals surface area (Å²) in [7, 11) is 0. The van der Waals surface area contributed by atoms with Gasteiger partial charge in [0.1, 0.15) is 0 Å². The zero-order chi connectivity index (χ0) is 10.3. The second-order valence-electron chi connectivity index (χ2n) is 3.38. The maximum atomic E-state index is 12.3. The number of hydrogen-bond acceptors (Lipinski definition) is 2. The zero-order valence-electron chi connectivity index (χ0n) is 7.34. The highest BCUT2D eigenvalue weighted by molar-refractivity contribution is 6.01. The summed E-state index contributed by atoms with van der Waals surface area (Å²) in [5.74, 6) is -0.0617. The number of hydrogen-bond donors (Lipinski definition) is 1. The molecule has 0 bridgehead atoms. The third kappa shape index (κ3) is 1.32. The lowest BCUT2D eigenvalue weighted by Gasteiger charge is -2.05. The first-order chi connectivity index (χ1) is 6.59. The van der Waals surface area contributed by atoms with Crippen molar-refractivity contribution < 1.29 is 13.6 Å². The van der Waals surface area contributed by atoms with E-state index in [-0.39, 0.29) is 17.8 Å². The topological polar surface area (TPSA) is 43.1 Å². The number of rotatable bonds is 1. The van der Waals surface area contributed by atoms with Gasteiger partial charge < -0.3 is 5.73 Å². The molecule has 14 heavy (non-hydrogen) atoms. The predicted molar refractivity (Wildman–Crippen MR) is 47.3 cm³/mol. The Morgan fingerprint density at radius 3 is 2.79 bits per heavy atom. The monoisotopic (exact) mass is 197 g/mol. The molecule has 0 radical (unpaired) electrons. The van der Waals surface area contributed by atoms with Crippen LogP contribution in [0.15, 0.2) is 18.2 Å². The Morgan fingerprint density at radius 1 is 1.43 bits per heavy atom. The Hall–Kier alpha value is -1.29. The molecule has 0 saturated heterocycles. The minimum absolute atomic E-state index is 0.0617. The lowest BCUT2D eigenvalue weighted by Crippen LogP contribution is -2.06. The van der Waals surface area contributed by atoms with E-state index in [9.17, 15) is 13.6 Å². The van der Waals surface area contributed by atoms with Gasteiger partial charge in [0.05, 0.1) is 0 Å². The van der Waals surface area contributed by atoms with Crippen LogP contribution in [-0.2, 0) is 0 Å². The lowest BCUT2D eigenvalue weighted by atomic mass is 10.0. The third-order valence-electron chi connectivity index (χ3n) is 2.43. The lowest BCUT2D eigenvalue weighted by molar-refractivity contribution is 0.0989. The van der Waals surface area contributed by atoms with Gasteiger partial charge >= 0.3 is 0 Å². The smallest absolute Gasteiger partial charge is 0.263 e. The first-order valence-electron chi connectivity index (χ1n) is 4.30. The highest BCUT2D eigenvalue weighted by Crippen LogP contribution is 2.32. The molecule has 2 nitrogen and oxygen atoms in total. The molecule has 2 rings (SSSR count). The summed E-state index contributed by atoms with van der Waals surface area (Å²) in [6.07, 6.45) is -2.29. The molecule has 0 aromatic heterocycles. The first-order valence-corrected chi connectivity index (χ1v) is 4.30. The van der Waals surface area contributed by atoms with Crippen molar-refractivity contribution in [3.63, 3.8) is 0 Å². The molecule has 0 fully saturated rings. The minimum atomic E-state index is -2.51. The number of nitrogens with two attached hydrogens (primary N) is 1. The number of ketones is 1. The van der Waals surface area contributed by atoms with E-state index in [2.05, 4.69) is 0 Å². The van der Waals surface area contributed by atoms with E-state index >= 15 is 0 Å². The Morgan fingerprint density at radius 2 is 2.14 bits per heavy atom. The number of halogens is 2. The van der Waals surface area contributed by atoms with Crippen molar-refractivity contribution in [1.82, 2.24) is 0 Å². The van der Waals surface area contributed by atoms with Gasteiger partial charge in [0, 0.05) is 23.6 Å². The molecule has 1 aliphatic rings. The Balaban J connectivity index is 2.50. The number of carbonyl (C=O) groups is 1. The fourth-order valence-corrected chi connectivity index (χ4v) is 1.70. The Bertz CT molecular complexity index is 390. The van der Waals surface area contributed by atoms with Gasteiger partial charge in [0.15, 0.2) is 5.78 Å². The third-order valence-corrected chi connectivity index (χ3v) is 2.43. The number of Topliss-reactive ketones (excluding diaryl/α,β-unsaturated/α-hetero) is 1. The average molecular weight is 197 g/mol. The van der Waals surface area contributed by atoms with Crippen molar-refractivity contribution in [2.24, 2.45) is 5.73 Å². The van der Waals surface area contributed by atoms with Crippen LogP contribution in [0.2, 0.25) is 0 Å². The number of alkyl halides is 2. The van der Waals surface area contributed by atoms with E-state index in [1.807, 2.05) is 0 Å². The molecule has 0 unspecified atom stereocenters. The molecule has 1 aromatic carbocycles. The van der Waals surface area contributed by atoms with Gasteiger partial charge in [-0.2, -0.15) is 0 Å². The largest absolute Gasteiger partial charge is 0.324 e. The Kier molecular flexibility index (Phi) is 2.07. The molecule has 0 aliphatic heterocycles. The number of benzene rings is 1. The van der Waals surface area contributed by atoms with Crippen LogP contribution in [0.5, 0.6) is 0 Å². The van der Waals surface area contributed by atoms with Gasteiger partial charge in [-0.05, 0) is 11.6 Å². The summed E-state index contributed by atoms with van der Waals surface area (Å²) in [4.78, 5) is 11.3. The van der Waals surface area contributed by atoms with Crippen molar-refractivity contribution in [1.29, 1.82) is 0 Å². The van der Waals surface area contributed by atoms with Crippen molar-refractivity contribution in [3.05, 3.63) is 34.9 Å². The van der Waals surface area contributed by atoms with Gasteiger partial charge in [-0.3, -0.25) is 4.79 Å². The molecule has 2 N–H and O–H groups in total. The normalized spacial score (nSPS) is 20.3. The summed E-state index contributed by atoms with van der Waals surface area (Å²) in [5.41, 5.74) is 6.60. The molecule has 1 atom stereocenters. The first kappa shape index (κ1) is 9.27. The molecule has 4 heteroatoms. The van der Waals surface area contributed by atoms with Crippen LogP contribution >= 0.6 is 0 Å². The summed E-state index contributed by atoms with van der Waals surface area (Å²) < 4.78 is 24.7. The quantitative estimate of drug-likeness (QED) is 0.750. The van der Waals surface area contributed by atoms with Gasteiger partial charge in [-0.15, -0.1) is 0 Å². The van der Waals surface area contributed by atoms with Gasteiger partial charge in [-0.25, -0.2) is 8.78 Å². The SMILES string of the molecule is N[C@H]1CC(=O)c2ccc(C(F)F)cc21. The highest BCUT2D eigenvalue weighted by atomic mass is 19.3. The van der Waals surface area contributed by atoms with Crippen LogP contribution in [0.4, 0.5) is 8.78 Å². The van der Waals surface area contributed by atoms with Gasteiger partial charge in [0.25, 0.3) is 6.43 Å². The van der Waals surface area contributed by atoms with Crippen molar-refractivity contribution in [3.8, 4) is 0 Å². The van der Waals surface area contributed by atoms with Crippen LogP contribution in [0.3, 0.4) is 0 Å². The fourth-order valence-electron chi connectivity index (χ4n) is 1.70. The summed E-state index contributed by atoms with van der Waals surface area (Å²) in [5, 5.41) is 0. The molecule has 0 heterocycles. The second kappa shape index (κ2) is 3.13. The van der Waals surface area contributed by atoms with Crippen molar-refractivity contribution in [2.45, 2.75) is 18.9 Å². The van der Waals surface area contributed by atoms with Crippen LogP contribution < -0.4 is 5.73 Å². The highest BCUT2D eigenvalue weighted by Gasteiger charge is 2.27. The van der Waals surface area contributed by atoms with E-state index in [1.165, 1.54) is 18.2 Å². The average Bonchev–Trinajstić information content (AvgIpc) is 2.42. The zero-order valence-corrected chi connectivity index (χ0v) is 7.34. The van der Waals surface area contributed by atoms with E-state index in [0.717, 1.165) is 0 Å². The summed E-state index contributed by atoms with van der Waals surface area (Å²) >= 11 is 0. The van der Waals surface area contributed by atoms with Crippen molar-refractivity contribution >= 4 is 5.78 Å². The number of fused-ring (bicyclic) bond motifs is 1. The van der Waals surface area contributed by atoms with Gasteiger partial charge in [-0.1, -0.05) is 12.1 Å². The molecule has 0 spiro atoms. The van der Waals surface area contributed by atoms with Gasteiger partial charge in [0.2, 0.25) is 0 Å². The molecule has 1 aromatic rings. The fraction of sp³-hybridized carbons (Fsp3) is 0.300. The maximum Gasteiger partial charge on any atom is 0.263 e. The summed E-state index contributed by atoms with van der Waals surface area (Å²) in [6, 6.07) is 3.62. The Labute approximate surface area is 79.7 Å². The van der Waals surface area contributed by atoms with E-state index < -0.39 is 12.5 Å². The van der Waals surface area contributed by atoms with Crippen molar-refractivity contribution in [2.75, 3.05) is 0 Å². The molecule has 0 saturated carbocycles. The molecule has 0 amide bonds. The molecule has 74 valence electrons. The van der Waals surface area contributed by atoms with Crippen LogP contribution in [-0.4, -0.2) is 5.78 Å². The second-order valence-corrected chi connectivity index (χ2v) is 3.38. The summed E-state index contributed by atoms with van der Waals surface area (Å²) in [6.45, 7) is 0. The van der Waals surface area contributed by atoms with E-state index in [4.69, 9.17) is 5.73 Å². The predicted octanol–water partition coefficient (Wildman–Crippen LogP) is 2.21. The van der Waals surface area contributed by atoms with E-state index in [0.29, 0.717) is 11.1 Å². The van der Waals surface area contributed by atoms with Crippen LogP contribution in [0.1, 0.15) is 40.4 Å². The standard InChI is InChI=1S/C10H9F2NO/c11-10(12)5-1-2-6-7(3-5)8(13)4-9(6)14/h1-3,8,10H,4,13H2/t8-/m0/s1.